The largest absolute Gasteiger partial charge is 0.496 e. The SMILES string of the molecule is COc1ccccc1/C=C(/C(=O)Nc1ccc(NS(C)(=O)=O)cc1)c1ccccc1. The maximum atomic E-state index is 13.1. The molecular formula is C23H22N2O4S. The van der Waals surface area contributed by atoms with E-state index >= 15 is 0 Å². The van der Waals surface area contributed by atoms with Crippen LogP contribution in [-0.4, -0.2) is 27.7 Å². The first-order valence-electron chi connectivity index (χ1n) is 9.15. The molecule has 1 amide bonds. The van der Waals surface area contributed by atoms with Gasteiger partial charge in [0.25, 0.3) is 5.91 Å². The first kappa shape index (κ1) is 21.1. The molecule has 3 aromatic carbocycles. The summed E-state index contributed by atoms with van der Waals surface area (Å²) in [6, 6.07) is 23.2. The van der Waals surface area contributed by atoms with Crippen molar-refractivity contribution in [2.75, 3.05) is 23.4 Å². The van der Waals surface area contributed by atoms with Crippen LogP contribution < -0.4 is 14.8 Å². The van der Waals surface area contributed by atoms with Crippen molar-refractivity contribution in [1.29, 1.82) is 0 Å². The van der Waals surface area contributed by atoms with Crippen molar-refractivity contribution in [3.05, 3.63) is 90.0 Å². The minimum atomic E-state index is -3.36. The number of anilines is 2. The average Bonchev–Trinajstić information content (AvgIpc) is 2.73. The van der Waals surface area contributed by atoms with Gasteiger partial charge in [-0.2, -0.15) is 0 Å². The lowest BCUT2D eigenvalue weighted by Gasteiger charge is -2.12. The van der Waals surface area contributed by atoms with E-state index in [0.29, 0.717) is 22.7 Å². The number of ether oxygens (including phenoxy) is 1. The maximum absolute atomic E-state index is 13.1. The van der Waals surface area contributed by atoms with Gasteiger partial charge in [0.1, 0.15) is 5.75 Å². The molecule has 0 radical (unpaired) electrons. The van der Waals surface area contributed by atoms with Crippen LogP contribution in [0.15, 0.2) is 78.9 Å². The van der Waals surface area contributed by atoms with E-state index in [1.807, 2.05) is 54.6 Å². The molecule has 0 aromatic heterocycles. The Hall–Kier alpha value is -3.58. The standard InChI is InChI=1S/C23H22N2O4S/c1-29-22-11-7-6-10-18(22)16-21(17-8-4-3-5-9-17)23(26)24-19-12-14-20(15-13-19)25-30(2,27)28/h3-16,25H,1-2H3,(H,24,26)/b21-16+. The van der Waals surface area contributed by atoms with Gasteiger partial charge in [0.15, 0.2) is 0 Å². The number of benzene rings is 3. The van der Waals surface area contributed by atoms with Gasteiger partial charge >= 0.3 is 0 Å². The molecule has 0 fully saturated rings. The van der Waals surface area contributed by atoms with Crippen molar-refractivity contribution in [2.45, 2.75) is 0 Å². The third kappa shape index (κ3) is 5.71. The summed E-state index contributed by atoms with van der Waals surface area (Å²) in [5.41, 5.74) is 2.97. The molecule has 0 aliphatic carbocycles. The third-order valence-electron chi connectivity index (χ3n) is 4.21. The Morgan fingerprint density at radius 1 is 0.867 bits per heavy atom. The highest BCUT2D eigenvalue weighted by molar-refractivity contribution is 7.92. The van der Waals surface area contributed by atoms with Crippen LogP contribution in [0.4, 0.5) is 11.4 Å². The molecule has 2 N–H and O–H groups in total. The third-order valence-corrected chi connectivity index (χ3v) is 4.82. The minimum Gasteiger partial charge on any atom is -0.496 e. The fraction of sp³-hybridized carbons (Fsp3) is 0.0870. The van der Waals surface area contributed by atoms with Crippen LogP contribution in [0, 0.1) is 0 Å². The topological polar surface area (TPSA) is 84.5 Å². The van der Waals surface area contributed by atoms with Crippen molar-refractivity contribution < 1.29 is 17.9 Å². The Bertz CT molecular complexity index is 1160. The first-order chi connectivity index (χ1) is 14.4. The Kier molecular flexibility index (Phi) is 6.54. The van der Waals surface area contributed by atoms with Crippen LogP contribution in [0.25, 0.3) is 11.6 Å². The molecule has 0 aliphatic heterocycles. The van der Waals surface area contributed by atoms with E-state index < -0.39 is 10.0 Å². The van der Waals surface area contributed by atoms with Crippen LogP contribution in [0.3, 0.4) is 0 Å². The number of nitrogens with one attached hydrogen (secondary N) is 2. The Morgan fingerprint density at radius 3 is 2.10 bits per heavy atom. The van der Waals surface area contributed by atoms with Gasteiger partial charge in [0.05, 0.1) is 13.4 Å². The lowest BCUT2D eigenvalue weighted by atomic mass is 10.0. The molecule has 0 unspecified atom stereocenters. The predicted octanol–water partition coefficient (Wildman–Crippen LogP) is 4.25. The van der Waals surface area contributed by atoms with Crippen molar-refractivity contribution >= 4 is 39.0 Å². The first-order valence-corrected chi connectivity index (χ1v) is 11.0. The van der Waals surface area contributed by atoms with Gasteiger partial charge in [-0.05, 0) is 42.0 Å². The van der Waals surface area contributed by atoms with E-state index in [9.17, 15) is 13.2 Å². The summed E-state index contributed by atoms with van der Waals surface area (Å²) >= 11 is 0. The summed E-state index contributed by atoms with van der Waals surface area (Å²) in [6.45, 7) is 0. The Balaban J connectivity index is 1.91. The van der Waals surface area contributed by atoms with Gasteiger partial charge < -0.3 is 10.1 Å². The molecule has 0 heterocycles. The summed E-state index contributed by atoms with van der Waals surface area (Å²) in [4.78, 5) is 13.1. The zero-order chi connectivity index (χ0) is 21.6. The molecule has 0 saturated carbocycles. The summed E-state index contributed by atoms with van der Waals surface area (Å²) in [6.07, 6.45) is 2.86. The zero-order valence-corrected chi connectivity index (χ0v) is 17.4. The highest BCUT2D eigenvalue weighted by Crippen LogP contribution is 2.26. The Morgan fingerprint density at radius 2 is 1.47 bits per heavy atom. The lowest BCUT2D eigenvalue weighted by molar-refractivity contribution is -0.111. The van der Waals surface area contributed by atoms with Gasteiger partial charge in [0, 0.05) is 22.5 Å². The summed E-state index contributed by atoms with van der Waals surface area (Å²) in [5, 5.41) is 2.86. The number of sulfonamides is 1. The summed E-state index contributed by atoms with van der Waals surface area (Å²) < 4.78 is 30.5. The second kappa shape index (κ2) is 9.28. The summed E-state index contributed by atoms with van der Waals surface area (Å²) in [5.74, 6) is 0.367. The molecule has 3 aromatic rings. The molecular weight excluding hydrogens is 400 g/mol. The van der Waals surface area contributed by atoms with E-state index in [0.717, 1.165) is 17.4 Å². The molecule has 0 aliphatic rings. The normalized spacial score (nSPS) is 11.6. The van der Waals surface area contributed by atoms with Crippen molar-refractivity contribution in [2.24, 2.45) is 0 Å². The zero-order valence-electron chi connectivity index (χ0n) is 16.6. The fourth-order valence-electron chi connectivity index (χ4n) is 2.87. The van der Waals surface area contributed by atoms with Crippen LogP contribution in [-0.2, 0) is 14.8 Å². The molecule has 3 rings (SSSR count). The van der Waals surface area contributed by atoms with E-state index in [2.05, 4.69) is 10.0 Å². The minimum absolute atomic E-state index is 0.295. The molecule has 6 nitrogen and oxygen atoms in total. The fourth-order valence-corrected chi connectivity index (χ4v) is 3.44. The van der Waals surface area contributed by atoms with Crippen molar-refractivity contribution in [1.82, 2.24) is 0 Å². The number of hydrogen-bond acceptors (Lipinski definition) is 4. The number of para-hydroxylation sites is 1. The van der Waals surface area contributed by atoms with Crippen molar-refractivity contribution in [3.63, 3.8) is 0 Å². The van der Waals surface area contributed by atoms with E-state index in [-0.39, 0.29) is 5.91 Å². The molecule has 7 heteroatoms. The maximum Gasteiger partial charge on any atom is 0.256 e. The number of carbonyl (C=O) groups is 1. The molecule has 0 saturated heterocycles. The number of rotatable bonds is 7. The van der Waals surface area contributed by atoms with Gasteiger partial charge in [-0.15, -0.1) is 0 Å². The second-order valence-electron chi connectivity index (χ2n) is 6.57. The highest BCUT2D eigenvalue weighted by Gasteiger charge is 2.14. The van der Waals surface area contributed by atoms with E-state index in [1.54, 1.807) is 37.5 Å². The van der Waals surface area contributed by atoms with Gasteiger partial charge in [-0.3, -0.25) is 9.52 Å². The number of carbonyl (C=O) groups excluding carboxylic acids is 1. The quantitative estimate of drug-likeness (QED) is 0.440. The lowest BCUT2D eigenvalue weighted by Crippen LogP contribution is -2.14. The van der Waals surface area contributed by atoms with E-state index in [4.69, 9.17) is 4.74 Å². The van der Waals surface area contributed by atoms with Crippen LogP contribution in [0.1, 0.15) is 11.1 Å². The molecule has 0 atom stereocenters. The van der Waals surface area contributed by atoms with Gasteiger partial charge in [0.2, 0.25) is 10.0 Å². The van der Waals surface area contributed by atoms with Crippen LogP contribution in [0.5, 0.6) is 5.75 Å². The van der Waals surface area contributed by atoms with Crippen molar-refractivity contribution in [3.8, 4) is 5.75 Å². The molecule has 0 spiro atoms. The highest BCUT2D eigenvalue weighted by atomic mass is 32.2. The Labute approximate surface area is 176 Å². The smallest absolute Gasteiger partial charge is 0.256 e. The predicted molar refractivity (Wildman–Crippen MR) is 121 cm³/mol. The van der Waals surface area contributed by atoms with E-state index in [1.165, 1.54) is 0 Å². The monoisotopic (exact) mass is 422 g/mol. The number of hydrogen-bond donors (Lipinski definition) is 2. The van der Waals surface area contributed by atoms with Gasteiger partial charge in [-0.1, -0.05) is 48.5 Å². The summed E-state index contributed by atoms with van der Waals surface area (Å²) in [7, 11) is -1.78. The van der Waals surface area contributed by atoms with Crippen LogP contribution in [0.2, 0.25) is 0 Å². The molecule has 0 bridgehead atoms. The number of methoxy groups -OCH3 is 1. The second-order valence-corrected chi connectivity index (χ2v) is 8.32. The van der Waals surface area contributed by atoms with Crippen LogP contribution >= 0.6 is 0 Å². The number of amides is 1. The average molecular weight is 423 g/mol. The molecule has 30 heavy (non-hydrogen) atoms. The molecule has 154 valence electrons. The van der Waals surface area contributed by atoms with Gasteiger partial charge in [-0.25, -0.2) is 8.42 Å².